The number of carbonyl (C=O) groups excluding carboxylic acids is 1. The molecule has 4 N–H and O–H groups in total. The maximum Gasteiger partial charge on any atom is 0.220 e. The third kappa shape index (κ3) is 4.49. The normalized spacial score (nSPS) is 21.7. The highest BCUT2D eigenvalue weighted by Crippen LogP contribution is 2.26. The molecule has 1 aliphatic carbocycles. The second-order valence-corrected chi connectivity index (χ2v) is 5.50. The van der Waals surface area contributed by atoms with E-state index < -0.39 is 0 Å². The zero-order valence-corrected chi connectivity index (χ0v) is 12.1. The summed E-state index contributed by atoms with van der Waals surface area (Å²) < 4.78 is 0. The number of nitrogens with two attached hydrogens (primary N) is 1. The van der Waals surface area contributed by atoms with Gasteiger partial charge >= 0.3 is 0 Å². The first-order chi connectivity index (χ1) is 9.65. The zero-order valence-electron chi connectivity index (χ0n) is 12.1. The lowest BCUT2D eigenvalue weighted by molar-refractivity contribution is -0.122. The lowest BCUT2D eigenvalue weighted by Crippen LogP contribution is -2.33. The Balaban J connectivity index is 1.62. The molecule has 5 heteroatoms. The smallest absolute Gasteiger partial charge is 0.220 e. The largest absolute Gasteiger partial charge is 0.368 e. The second-order valence-electron chi connectivity index (χ2n) is 5.50. The summed E-state index contributed by atoms with van der Waals surface area (Å²) in [5.41, 5.74) is 6.95. The van der Waals surface area contributed by atoms with Gasteiger partial charge in [-0.25, -0.2) is 4.98 Å². The Morgan fingerprint density at radius 1 is 1.40 bits per heavy atom. The molecule has 1 amide bonds. The van der Waals surface area contributed by atoms with Gasteiger partial charge in [0.05, 0.1) is 0 Å². The number of nitrogens with zero attached hydrogens (tertiary/aromatic N) is 1. The Labute approximate surface area is 120 Å². The summed E-state index contributed by atoms with van der Waals surface area (Å²) in [6.45, 7) is 3.24. The first-order valence-corrected chi connectivity index (χ1v) is 7.35. The molecule has 110 valence electrons. The fourth-order valence-electron chi connectivity index (χ4n) is 2.66. The minimum atomic E-state index is 0.103. The summed E-state index contributed by atoms with van der Waals surface area (Å²) in [6.07, 6.45) is 3.85. The van der Waals surface area contributed by atoms with Crippen molar-refractivity contribution in [2.24, 2.45) is 11.7 Å². The van der Waals surface area contributed by atoms with Crippen LogP contribution in [0.15, 0.2) is 18.2 Å². The van der Waals surface area contributed by atoms with Gasteiger partial charge in [-0.15, -0.1) is 0 Å². The molecule has 2 rings (SSSR count). The molecular formula is C15H24N4O. The Morgan fingerprint density at radius 3 is 2.95 bits per heavy atom. The summed E-state index contributed by atoms with van der Waals surface area (Å²) in [5, 5.41) is 6.12. The van der Waals surface area contributed by atoms with E-state index in [1.807, 2.05) is 25.1 Å². The Hall–Kier alpha value is -1.62. The predicted molar refractivity (Wildman–Crippen MR) is 80.4 cm³/mol. The molecule has 1 aromatic rings. The van der Waals surface area contributed by atoms with E-state index in [1.54, 1.807) is 0 Å². The van der Waals surface area contributed by atoms with Crippen LogP contribution in [0.25, 0.3) is 0 Å². The number of aromatic nitrogens is 1. The minimum Gasteiger partial charge on any atom is -0.368 e. The molecule has 0 aliphatic heterocycles. The zero-order chi connectivity index (χ0) is 14.4. The number of carbonyl (C=O) groups is 1. The highest BCUT2D eigenvalue weighted by molar-refractivity contribution is 5.76. The molecule has 0 radical (unpaired) electrons. The number of aryl methyl sites for hydroxylation is 1. The van der Waals surface area contributed by atoms with E-state index in [0.717, 1.165) is 30.8 Å². The van der Waals surface area contributed by atoms with Gasteiger partial charge in [0.25, 0.3) is 0 Å². The van der Waals surface area contributed by atoms with Gasteiger partial charge < -0.3 is 16.4 Å². The predicted octanol–water partition coefficient (Wildman–Crippen LogP) is 1.44. The number of pyridine rings is 1. The van der Waals surface area contributed by atoms with Crippen LogP contribution in [0.3, 0.4) is 0 Å². The van der Waals surface area contributed by atoms with Crippen molar-refractivity contribution in [3.05, 3.63) is 23.9 Å². The van der Waals surface area contributed by atoms with Gasteiger partial charge in [-0.3, -0.25) is 4.79 Å². The number of rotatable bonds is 6. The summed E-state index contributed by atoms with van der Waals surface area (Å²) in [5.74, 6) is 1.31. The number of hydrogen-bond acceptors (Lipinski definition) is 4. The standard InChI is InChI=1S/C15H24N4O/c1-11-4-2-7-14(19-11)17-8-9-18-15(20)10-12-5-3-6-13(12)16/h2,4,7,12-13H,3,5-6,8-10,16H2,1H3,(H,17,19)(H,18,20)/t12-,13+/m0/s1. The maximum absolute atomic E-state index is 11.8. The van der Waals surface area contributed by atoms with Gasteiger partial charge in [0.2, 0.25) is 5.91 Å². The van der Waals surface area contributed by atoms with E-state index in [9.17, 15) is 4.79 Å². The summed E-state index contributed by atoms with van der Waals surface area (Å²) in [4.78, 5) is 16.1. The second kappa shape index (κ2) is 7.24. The van der Waals surface area contributed by atoms with Crippen LogP contribution in [-0.4, -0.2) is 30.0 Å². The van der Waals surface area contributed by atoms with Crippen LogP contribution in [0.1, 0.15) is 31.4 Å². The van der Waals surface area contributed by atoms with Gasteiger partial charge in [-0.1, -0.05) is 12.5 Å². The van der Waals surface area contributed by atoms with Crippen LogP contribution < -0.4 is 16.4 Å². The van der Waals surface area contributed by atoms with Crippen molar-refractivity contribution in [2.45, 2.75) is 38.6 Å². The molecule has 0 bridgehead atoms. The van der Waals surface area contributed by atoms with E-state index in [2.05, 4.69) is 15.6 Å². The van der Waals surface area contributed by atoms with Crippen LogP contribution in [0, 0.1) is 12.8 Å². The maximum atomic E-state index is 11.8. The molecule has 0 unspecified atom stereocenters. The Kier molecular flexibility index (Phi) is 5.35. The van der Waals surface area contributed by atoms with Crippen molar-refractivity contribution >= 4 is 11.7 Å². The average molecular weight is 276 g/mol. The molecule has 1 heterocycles. The number of nitrogens with one attached hydrogen (secondary N) is 2. The molecular weight excluding hydrogens is 252 g/mol. The van der Waals surface area contributed by atoms with Crippen molar-refractivity contribution in [2.75, 3.05) is 18.4 Å². The lowest BCUT2D eigenvalue weighted by atomic mass is 10.00. The summed E-state index contributed by atoms with van der Waals surface area (Å²) in [7, 11) is 0. The van der Waals surface area contributed by atoms with Crippen LogP contribution in [0.2, 0.25) is 0 Å². The molecule has 1 aromatic heterocycles. The molecule has 0 aromatic carbocycles. The molecule has 2 atom stereocenters. The molecule has 1 aliphatic rings. The number of hydrogen-bond donors (Lipinski definition) is 3. The fraction of sp³-hybridized carbons (Fsp3) is 0.600. The van der Waals surface area contributed by atoms with E-state index in [0.29, 0.717) is 25.4 Å². The van der Waals surface area contributed by atoms with Gasteiger partial charge in [-0.2, -0.15) is 0 Å². The molecule has 1 saturated carbocycles. The Morgan fingerprint density at radius 2 is 2.25 bits per heavy atom. The molecule has 1 fully saturated rings. The van der Waals surface area contributed by atoms with Gasteiger partial charge in [0.1, 0.15) is 5.82 Å². The van der Waals surface area contributed by atoms with Crippen LogP contribution in [0.5, 0.6) is 0 Å². The number of anilines is 1. The molecule has 0 spiro atoms. The fourth-order valence-corrected chi connectivity index (χ4v) is 2.66. The third-order valence-electron chi connectivity index (χ3n) is 3.81. The van der Waals surface area contributed by atoms with Gasteiger partial charge in [0.15, 0.2) is 0 Å². The lowest BCUT2D eigenvalue weighted by Gasteiger charge is -2.15. The minimum absolute atomic E-state index is 0.103. The number of amides is 1. The van der Waals surface area contributed by atoms with Crippen molar-refractivity contribution in [3.8, 4) is 0 Å². The van der Waals surface area contributed by atoms with E-state index >= 15 is 0 Å². The molecule has 0 saturated heterocycles. The van der Waals surface area contributed by atoms with Crippen molar-refractivity contribution in [3.63, 3.8) is 0 Å². The summed E-state index contributed by atoms with van der Waals surface area (Å²) >= 11 is 0. The van der Waals surface area contributed by atoms with E-state index in [1.165, 1.54) is 0 Å². The van der Waals surface area contributed by atoms with Crippen molar-refractivity contribution in [1.82, 2.24) is 10.3 Å². The van der Waals surface area contributed by atoms with Gasteiger partial charge in [0, 0.05) is 31.2 Å². The third-order valence-corrected chi connectivity index (χ3v) is 3.81. The molecule has 5 nitrogen and oxygen atoms in total. The highest BCUT2D eigenvalue weighted by atomic mass is 16.1. The van der Waals surface area contributed by atoms with Crippen LogP contribution in [0.4, 0.5) is 5.82 Å². The molecule has 20 heavy (non-hydrogen) atoms. The SMILES string of the molecule is Cc1cccc(NCCNC(=O)C[C@@H]2CCC[C@H]2N)n1. The first-order valence-electron chi connectivity index (χ1n) is 7.35. The highest BCUT2D eigenvalue weighted by Gasteiger charge is 2.25. The average Bonchev–Trinajstić information content (AvgIpc) is 2.80. The van der Waals surface area contributed by atoms with Gasteiger partial charge in [-0.05, 0) is 37.8 Å². The topological polar surface area (TPSA) is 80.0 Å². The van der Waals surface area contributed by atoms with E-state index in [4.69, 9.17) is 5.73 Å². The van der Waals surface area contributed by atoms with Crippen LogP contribution in [-0.2, 0) is 4.79 Å². The summed E-state index contributed by atoms with van der Waals surface area (Å²) in [6, 6.07) is 6.05. The van der Waals surface area contributed by atoms with Crippen molar-refractivity contribution < 1.29 is 4.79 Å². The monoisotopic (exact) mass is 276 g/mol. The Bertz CT molecular complexity index is 449. The van der Waals surface area contributed by atoms with Crippen LogP contribution >= 0.6 is 0 Å². The first kappa shape index (κ1) is 14.8. The van der Waals surface area contributed by atoms with E-state index in [-0.39, 0.29) is 11.9 Å². The quantitative estimate of drug-likeness (QED) is 0.687. The van der Waals surface area contributed by atoms with Crippen molar-refractivity contribution in [1.29, 1.82) is 0 Å².